The molecule has 30 heavy (non-hydrogen) atoms. The summed E-state index contributed by atoms with van der Waals surface area (Å²) in [6.45, 7) is 3.38. The van der Waals surface area contributed by atoms with Gasteiger partial charge in [0.1, 0.15) is 27.5 Å². The maximum absolute atomic E-state index is 12.8. The quantitative estimate of drug-likeness (QED) is 0.521. The molecule has 0 bridgehead atoms. The van der Waals surface area contributed by atoms with E-state index in [-0.39, 0.29) is 16.9 Å². The minimum absolute atomic E-state index is 0.118. The van der Waals surface area contributed by atoms with E-state index in [0.29, 0.717) is 41.0 Å². The first-order valence-electron chi connectivity index (χ1n) is 9.43. The van der Waals surface area contributed by atoms with Gasteiger partial charge in [-0.25, -0.2) is 4.98 Å². The number of aromatic hydroxyl groups is 1. The van der Waals surface area contributed by atoms with Crippen LogP contribution in [0.25, 0.3) is 11.0 Å². The summed E-state index contributed by atoms with van der Waals surface area (Å²) in [4.78, 5) is 21.7. The van der Waals surface area contributed by atoms with Crippen LogP contribution in [0.3, 0.4) is 0 Å². The fourth-order valence-corrected chi connectivity index (χ4v) is 4.63. The number of phenols is 1. The summed E-state index contributed by atoms with van der Waals surface area (Å²) < 4.78 is 3.01. The lowest BCUT2D eigenvalue weighted by Crippen LogP contribution is -2.47. The third kappa shape index (κ3) is 3.71. The predicted molar refractivity (Wildman–Crippen MR) is 123 cm³/mol. The molecule has 3 heterocycles. The highest BCUT2D eigenvalue weighted by atomic mass is 79.9. The zero-order valence-electron chi connectivity index (χ0n) is 16.3. The monoisotopic (exact) mass is 531 g/mol. The number of halogens is 2. The molecule has 1 aliphatic heterocycles. The Kier molecular flexibility index (Phi) is 5.82. The van der Waals surface area contributed by atoms with E-state index in [1.165, 1.54) is 4.57 Å². The molecule has 7 nitrogen and oxygen atoms in total. The van der Waals surface area contributed by atoms with Crippen LogP contribution < -0.4 is 10.5 Å². The van der Waals surface area contributed by atoms with Crippen molar-refractivity contribution in [2.75, 3.05) is 31.1 Å². The second-order valence-electron chi connectivity index (χ2n) is 7.20. The molecular weight excluding hydrogens is 514 g/mol. The minimum atomic E-state index is -0.315. The zero-order valence-corrected chi connectivity index (χ0v) is 19.4. The van der Waals surface area contributed by atoms with Crippen molar-refractivity contribution in [3.05, 3.63) is 60.9 Å². The Morgan fingerprint density at radius 1 is 1.17 bits per heavy atom. The van der Waals surface area contributed by atoms with Crippen LogP contribution in [0.5, 0.6) is 5.75 Å². The van der Waals surface area contributed by atoms with Crippen molar-refractivity contribution < 1.29 is 5.11 Å². The number of nitrogens with zero attached hydrogens (tertiary/aromatic N) is 5. The van der Waals surface area contributed by atoms with Crippen LogP contribution >= 0.6 is 31.9 Å². The Balaban J connectivity index is 1.65. The van der Waals surface area contributed by atoms with Gasteiger partial charge in [-0.3, -0.25) is 9.69 Å². The van der Waals surface area contributed by atoms with E-state index in [1.54, 1.807) is 25.2 Å². The van der Waals surface area contributed by atoms with Gasteiger partial charge in [0.25, 0.3) is 5.56 Å². The molecule has 1 fully saturated rings. The molecule has 3 aromatic rings. The van der Waals surface area contributed by atoms with Gasteiger partial charge in [-0.1, -0.05) is 22.0 Å². The van der Waals surface area contributed by atoms with E-state index in [1.807, 2.05) is 12.1 Å². The van der Waals surface area contributed by atoms with Crippen LogP contribution in [0.2, 0.25) is 0 Å². The molecule has 0 unspecified atom stereocenters. The number of phenolic OH excluding ortho intramolecular Hbond substituents is 1. The van der Waals surface area contributed by atoms with Crippen molar-refractivity contribution in [1.29, 1.82) is 5.26 Å². The molecule has 0 radical (unpaired) electrons. The number of pyridine rings is 2. The summed E-state index contributed by atoms with van der Waals surface area (Å²) in [5.74, 6) is 0.269. The number of anilines is 1. The van der Waals surface area contributed by atoms with Crippen molar-refractivity contribution in [3.8, 4) is 11.8 Å². The van der Waals surface area contributed by atoms with Crippen LogP contribution in [0.15, 0.2) is 44.2 Å². The number of hydrogen-bond donors (Lipinski definition) is 1. The summed E-state index contributed by atoms with van der Waals surface area (Å²) in [6.07, 6.45) is 0. The van der Waals surface area contributed by atoms with E-state index in [4.69, 9.17) is 0 Å². The largest absolute Gasteiger partial charge is 0.508 e. The number of fused-ring (bicyclic) bond motifs is 1. The molecule has 9 heteroatoms. The number of hydrogen-bond acceptors (Lipinski definition) is 6. The van der Waals surface area contributed by atoms with Crippen molar-refractivity contribution in [2.24, 2.45) is 7.05 Å². The van der Waals surface area contributed by atoms with E-state index >= 15 is 0 Å². The summed E-state index contributed by atoms with van der Waals surface area (Å²) in [5, 5.41) is 19.9. The van der Waals surface area contributed by atoms with Crippen molar-refractivity contribution >= 4 is 48.6 Å². The standard InChI is InChI=1S/C21H19Br2N5O2/c1-26-16-5-6-18(23)25-19(16)20(13(11-24)21(26)30)28-9-7-27(8-10-28)12-14-15(22)3-2-4-17(14)29/h2-6,29H,7-10,12H2,1H3. The minimum Gasteiger partial charge on any atom is -0.508 e. The van der Waals surface area contributed by atoms with Gasteiger partial charge in [0.2, 0.25) is 0 Å². The van der Waals surface area contributed by atoms with Crippen molar-refractivity contribution in [2.45, 2.75) is 6.54 Å². The summed E-state index contributed by atoms with van der Waals surface area (Å²) in [6, 6.07) is 11.1. The van der Waals surface area contributed by atoms with Crippen LogP contribution in [-0.2, 0) is 13.6 Å². The maximum Gasteiger partial charge on any atom is 0.270 e. The lowest BCUT2D eigenvalue weighted by Gasteiger charge is -2.37. The van der Waals surface area contributed by atoms with E-state index < -0.39 is 0 Å². The highest BCUT2D eigenvalue weighted by Crippen LogP contribution is 2.31. The number of piperazine rings is 1. The fraction of sp³-hybridized carbons (Fsp3) is 0.286. The molecule has 0 spiro atoms. The Bertz CT molecular complexity index is 1210. The number of nitriles is 1. The zero-order chi connectivity index (χ0) is 21.4. The average Bonchev–Trinajstić information content (AvgIpc) is 2.74. The summed E-state index contributed by atoms with van der Waals surface area (Å²) >= 11 is 6.91. The highest BCUT2D eigenvalue weighted by Gasteiger charge is 2.26. The molecule has 1 N–H and O–H groups in total. The average molecular weight is 533 g/mol. The second kappa shape index (κ2) is 8.38. The fourth-order valence-electron chi connectivity index (χ4n) is 3.84. The maximum atomic E-state index is 12.8. The van der Waals surface area contributed by atoms with Crippen LogP contribution in [-0.4, -0.2) is 45.7 Å². The molecule has 1 aliphatic rings. The first-order valence-corrected chi connectivity index (χ1v) is 11.0. The molecule has 0 saturated carbocycles. The van der Waals surface area contributed by atoms with Crippen LogP contribution in [0.4, 0.5) is 5.69 Å². The van der Waals surface area contributed by atoms with E-state index in [9.17, 15) is 15.2 Å². The van der Waals surface area contributed by atoms with Gasteiger partial charge in [0, 0.05) is 49.8 Å². The number of rotatable bonds is 3. The lowest BCUT2D eigenvalue weighted by molar-refractivity contribution is 0.246. The lowest BCUT2D eigenvalue weighted by atomic mass is 10.1. The highest BCUT2D eigenvalue weighted by molar-refractivity contribution is 9.10. The molecule has 0 amide bonds. The van der Waals surface area contributed by atoms with E-state index in [2.05, 4.69) is 52.7 Å². The predicted octanol–water partition coefficient (Wildman–Crippen LogP) is 3.36. The van der Waals surface area contributed by atoms with Gasteiger partial charge < -0.3 is 14.6 Å². The third-order valence-corrected chi connectivity index (χ3v) is 6.64. The molecule has 0 aliphatic carbocycles. The van der Waals surface area contributed by atoms with Gasteiger partial charge in [-0.15, -0.1) is 0 Å². The van der Waals surface area contributed by atoms with Crippen molar-refractivity contribution in [1.82, 2.24) is 14.5 Å². The van der Waals surface area contributed by atoms with Gasteiger partial charge in [-0.2, -0.15) is 5.26 Å². The van der Waals surface area contributed by atoms with Gasteiger partial charge in [0.05, 0.1) is 11.2 Å². The number of aromatic nitrogens is 2. The van der Waals surface area contributed by atoms with Gasteiger partial charge in [0.15, 0.2) is 0 Å². The molecule has 1 aromatic carbocycles. The summed E-state index contributed by atoms with van der Waals surface area (Å²) in [5.41, 5.74) is 2.59. The van der Waals surface area contributed by atoms with Crippen molar-refractivity contribution in [3.63, 3.8) is 0 Å². The topological polar surface area (TPSA) is 85.4 Å². The first kappa shape index (κ1) is 20.8. The second-order valence-corrected chi connectivity index (χ2v) is 8.87. The third-order valence-electron chi connectivity index (χ3n) is 5.46. The Hall–Kier alpha value is -2.41. The molecule has 0 atom stereocenters. The van der Waals surface area contributed by atoms with E-state index in [0.717, 1.165) is 23.1 Å². The molecule has 154 valence electrons. The van der Waals surface area contributed by atoms with Crippen LogP contribution in [0, 0.1) is 11.3 Å². The smallest absolute Gasteiger partial charge is 0.270 e. The first-order chi connectivity index (χ1) is 14.4. The molecule has 4 rings (SSSR count). The Morgan fingerprint density at radius 3 is 2.57 bits per heavy atom. The normalized spacial score (nSPS) is 14.8. The molecular formula is C21H19Br2N5O2. The summed E-state index contributed by atoms with van der Waals surface area (Å²) in [7, 11) is 1.66. The van der Waals surface area contributed by atoms with Crippen LogP contribution in [0.1, 0.15) is 11.1 Å². The Morgan fingerprint density at radius 2 is 1.90 bits per heavy atom. The molecule has 1 saturated heterocycles. The molecule has 2 aromatic heterocycles. The SMILES string of the molecule is Cn1c(=O)c(C#N)c(N2CCN(Cc3c(O)cccc3Br)CC2)c2nc(Br)ccc21. The number of aryl methyl sites for hydroxylation is 1. The van der Waals surface area contributed by atoms with Gasteiger partial charge >= 0.3 is 0 Å². The Labute approximate surface area is 190 Å². The van der Waals surface area contributed by atoms with Gasteiger partial charge in [-0.05, 0) is 40.2 Å². The number of benzene rings is 1.